The fraction of sp³-hybridized carbons (Fsp3) is 0.250. The number of benzene rings is 2. The van der Waals surface area contributed by atoms with Gasteiger partial charge in [-0.05, 0) is 36.6 Å². The number of fused-ring (bicyclic) bond motifs is 1. The molecule has 27 heavy (non-hydrogen) atoms. The summed E-state index contributed by atoms with van der Waals surface area (Å²) in [6, 6.07) is 17.8. The quantitative estimate of drug-likeness (QED) is 0.635. The third-order valence-corrected chi connectivity index (χ3v) is 7.39. The standard InChI is InChI=1S/C20H21NO4S2/c1-20(23,18-13-15-7-5-6-10-17(15)26-18)14-21-19(22)11-12-27(24,25)16-8-3-2-4-9-16/h2-10,13,23H,11-12,14H2,1H3,(H,21,22)/t20-/m1/s1. The SMILES string of the molecule is C[C@@](O)(CNC(=O)CCS(=O)(=O)c1ccccc1)c1cc2ccccc2s1. The molecule has 0 unspecified atom stereocenters. The Morgan fingerprint density at radius 3 is 2.48 bits per heavy atom. The van der Waals surface area contributed by atoms with Crippen molar-refractivity contribution in [1.29, 1.82) is 0 Å². The molecule has 1 aromatic heterocycles. The van der Waals surface area contributed by atoms with Gasteiger partial charge in [0.2, 0.25) is 5.91 Å². The Morgan fingerprint density at radius 2 is 1.78 bits per heavy atom. The molecule has 0 bridgehead atoms. The fourth-order valence-corrected chi connectivity index (χ4v) is 5.03. The van der Waals surface area contributed by atoms with E-state index >= 15 is 0 Å². The lowest BCUT2D eigenvalue weighted by molar-refractivity contribution is -0.121. The lowest BCUT2D eigenvalue weighted by atomic mass is 10.0. The fourth-order valence-electron chi connectivity index (χ4n) is 2.67. The van der Waals surface area contributed by atoms with Gasteiger partial charge in [-0.25, -0.2) is 8.42 Å². The van der Waals surface area contributed by atoms with Gasteiger partial charge in [0.25, 0.3) is 0 Å². The van der Waals surface area contributed by atoms with E-state index in [1.807, 2.05) is 30.3 Å². The lowest BCUT2D eigenvalue weighted by Crippen LogP contribution is -2.38. The van der Waals surface area contributed by atoms with Gasteiger partial charge in [-0.15, -0.1) is 11.3 Å². The first-order valence-corrected chi connectivity index (χ1v) is 11.0. The third-order valence-electron chi connectivity index (χ3n) is 4.29. The van der Waals surface area contributed by atoms with Crippen LogP contribution in [0, 0.1) is 0 Å². The van der Waals surface area contributed by atoms with Gasteiger partial charge in [-0.2, -0.15) is 0 Å². The predicted molar refractivity (Wildman–Crippen MR) is 108 cm³/mol. The number of carbonyl (C=O) groups excluding carboxylic acids is 1. The Labute approximate surface area is 162 Å². The molecule has 3 aromatic rings. The van der Waals surface area contributed by atoms with E-state index in [0.29, 0.717) is 0 Å². The van der Waals surface area contributed by atoms with Gasteiger partial charge in [-0.1, -0.05) is 36.4 Å². The summed E-state index contributed by atoms with van der Waals surface area (Å²) in [7, 11) is -3.50. The normalized spacial score (nSPS) is 14.0. The number of carbonyl (C=O) groups is 1. The Bertz CT molecular complexity index is 1010. The molecule has 7 heteroatoms. The van der Waals surface area contributed by atoms with E-state index in [1.165, 1.54) is 23.5 Å². The highest BCUT2D eigenvalue weighted by atomic mass is 32.2. The zero-order valence-corrected chi connectivity index (χ0v) is 16.5. The maximum absolute atomic E-state index is 12.2. The predicted octanol–water partition coefficient (Wildman–Crippen LogP) is 3.09. The monoisotopic (exact) mass is 403 g/mol. The number of rotatable bonds is 7. The van der Waals surface area contributed by atoms with Crippen LogP contribution in [0.25, 0.3) is 10.1 Å². The molecule has 5 nitrogen and oxygen atoms in total. The van der Waals surface area contributed by atoms with Gasteiger partial charge in [0.15, 0.2) is 9.84 Å². The average molecular weight is 404 g/mol. The highest BCUT2D eigenvalue weighted by Gasteiger charge is 2.26. The minimum Gasteiger partial charge on any atom is -0.383 e. The van der Waals surface area contributed by atoms with Gasteiger partial charge in [0.1, 0.15) is 5.60 Å². The van der Waals surface area contributed by atoms with Crippen molar-refractivity contribution in [3.63, 3.8) is 0 Å². The second-order valence-electron chi connectivity index (χ2n) is 6.58. The van der Waals surface area contributed by atoms with Crippen molar-refractivity contribution >= 4 is 37.2 Å². The third kappa shape index (κ3) is 4.74. The molecule has 2 N–H and O–H groups in total. The van der Waals surface area contributed by atoms with Gasteiger partial charge >= 0.3 is 0 Å². The first kappa shape index (κ1) is 19.5. The smallest absolute Gasteiger partial charge is 0.221 e. The second-order valence-corrected chi connectivity index (χ2v) is 9.77. The number of hydrogen-bond acceptors (Lipinski definition) is 5. The van der Waals surface area contributed by atoms with Gasteiger partial charge < -0.3 is 10.4 Å². The molecule has 0 saturated heterocycles. The Balaban J connectivity index is 1.58. The molecular weight excluding hydrogens is 382 g/mol. The largest absolute Gasteiger partial charge is 0.383 e. The van der Waals surface area contributed by atoms with E-state index in [9.17, 15) is 18.3 Å². The summed E-state index contributed by atoms with van der Waals surface area (Å²) in [6.07, 6.45) is -0.153. The topological polar surface area (TPSA) is 83.5 Å². The van der Waals surface area contributed by atoms with Crippen LogP contribution in [0.15, 0.2) is 65.6 Å². The van der Waals surface area contributed by atoms with Crippen molar-refractivity contribution in [2.45, 2.75) is 23.8 Å². The van der Waals surface area contributed by atoms with Crippen molar-refractivity contribution in [3.8, 4) is 0 Å². The van der Waals surface area contributed by atoms with E-state index in [0.717, 1.165) is 15.0 Å². The summed E-state index contributed by atoms with van der Waals surface area (Å²) < 4.78 is 25.5. The molecule has 0 spiro atoms. The van der Waals surface area contributed by atoms with Gasteiger partial charge in [0.05, 0.1) is 17.2 Å². The molecule has 0 fully saturated rings. The van der Waals surface area contributed by atoms with Crippen molar-refractivity contribution in [2.75, 3.05) is 12.3 Å². The molecule has 1 atom stereocenters. The first-order valence-electron chi connectivity index (χ1n) is 8.54. The van der Waals surface area contributed by atoms with Crippen LogP contribution in [0.3, 0.4) is 0 Å². The zero-order chi connectivity index (χ0) is 19.5. The molecule has 1 heterocycles. The molecule has 0 aliphatic carbocycles. The van der Waals surface area contributed by atoms with Crippen LogP contribution in [-0.2, 0) is 20.2 Å². The molecule has 142 valence electrons. The molecular formula is C20H21NO4S2. The number of hydrogen-bond donors (Lipinski definition) is 2. The van der Waals surface area contributed by atoms with Crippen LogP contribution in [0.2, 0.25) is 0 Å². The first-order chi connectivity index (χ1) is 12.8. The second kappa shape index (κ2) is 7.80. The van der Waals surface area contributed by atoms with E-state index in [2.05, 4.69) is 5.32 Å². The molecule has 0 aliphatic rings. The van der Waals surface area contributed by atoms with Crippen LogP contribution >= 0.6 is 11.3 Å². The van der Waals surface area contributed by atoms with Crippen LogP contribution in [0.4, 0.5) is 0 Å². The summed E-state index contributed by atoms with van der Waals surface area (Å²) in [5, 5.41) is 14.4. The Morgan fingerprint density at radius 1 is 1.11 bits per heavy atom. The Hall–Kier alpha value is -2.22. The van der Waals surface area contributed by atoms with Crippen molar-refractivity contribution in [1.82, 2.24) is 5.32 Å². The Kier molecular flexibility index (Phi) is 5.64. The molecule has 2 aromatic carbocycles. The van der Waals surface area contributed by atoms with Gasteiger partial charge in [-0.3, -0.25) is 4.79 Å². The molecule has 1 amide bonds. The molecule has 3 rings (SSSR count). The summed E-state index contributed by atoms with van der Waals surface area (Å²) in [4.78, 5) is 13.0. The minimum absolute atomic E-state index is 0.0179. The lowest BCUT2D eigenvalue weighted by Gasteiger charge is -2.22. The van der Waals surface area contributed by atoms with E-state index in [-0.39, 0.29) is 23.6 Å². The number of sulfone groups is 1. The van der Waals surface area contributed by atoms with E-state index in [4.69, 9.17) is 0 Å². The van der Waals surface area contributed by atoms with E-state index < -0.39 is 21.3 Å². The van der Waals surface area contributed by atoms with Crippen molar-refractivity contribution in [2.24, 2.45) is 0 Å². The van der Waals surface area contributed by atoms with E-state index in [1.54, 1.807) is 25.1 Å². The van der Waals surface area contributed by atoms with Crippen LogP contribution < -0.4 is 5.32 Å². The summed E-state index contributed by atoms with van der Waals surface area (Å²) in [6.45, 7) is 1.66. The maximum Gasteiger partial charge on any atom is 0.221 e. The zero-order valence-electron chi connectivity index (χ0n) is 14.9. The van der Waals surface area contributed by atoms with Crippen molar-refractivity contribution in [3.05, 3.63) is 65.5 Å². The van der Waals surface area contributed by atoms with Gasteiger partial charge in [0, 0.05) is 16.0 Å². The highest BCUT2D eigenvalue weighted by Crippen LogP contribution is 2.32. The molecule has 0 radical (unpaired) electrons. The average Bonchev–Trinajstić information content (AvgIpc) is 3.11. The number of thiophene rings is 1. The summed E-state index contributed by atoms with van der Waals surface area (Å²) in [5.41, 5.74) is -1.22. The van der Waals surface area contributed by atoms with Crippen molar-refractivity contribution < 1.29 is 18.3 Å². The number of amides is 1. The van der Waals surface area contributed by atoms with Crippen LogP contribution in [0.1, 0.15) is 18.2 Å². The molecule has 0 aliphatic heterocycles. The minimum atomic E-state index is -3.50. The highest BCUT2D eigenvalue weighted by molar-refractivity contribution is 7.91. The maximum atomic E-state index is 12.2. The summed E-state index contributed by atoms with van der Waals surface area (Å²) in [5.74, 6) is -0.677. The summed E-state index contributed by atoms with van der Waals surface area (Å²) >= 11 is 1.47. The molecule has 0 saturated carbocycles. The van der Waals surface area contributed by atoms with Crippen LogP contribution in [0.5, 0.6) is 0 Å². The van der Waals surface area contributed by atoms with Crippen LogP contribution in [-0.4, -0.2) is 31.7 Å². The number of nitrogens with one attached hydrogen (secondary N) is 1. The number of aliphatic hydroxyl groups is 1.